The predicted octanol–water partition coefficient (Wildman–Crippen LogP) is 3.52. The SMILES string of the molecule is Cc1nc(CN)cc(-c2ccc(C(C)(C)C)cc2C)n1. The molecule has 3 heteroatoms. The summed E-state index contributed by atoms with van der Waals surface area (Å²) < 4.78 is 0. The molecule has 0 aliphatic rings. The Morgan fingerprint density at radius 3 is 2.30 bits per heavy atom. The zero-order valence-corrected chi connectivity index (χ0v) is 13.0. The Morgan fingerprint density at radius 1 is 1.05 bits per heavy atom. The number of rotatable bonds is 2. The van der Waals surface area contributed by atoms with Gasteiger partial charge in [-0.15, -0.1) is 0 Å². The van der Waals surface area contributed by atoms with Crippen LogP contribution in [0.15, 0.2) is 24.3 Å². The van der Waals surface area contributed by atoms with Crippen molar-refractivity contribution in [1.29, 1.82) is 0 Å². The molecule has 20 heavy (non-hydrogen) atoms. The number of hydrogen-bond donors (Lipinski definition) is 1. The highest BCUT2D eigenvalue weighted by Gasteiger charge is 2.15. The van der Waals surface area contributed by atoms with Crippen LogP contribution in [0.1, 0.15) is 43.4 Å². The molecule has 2 rings (SSSR count). The Bertz CT molecular complexity index is 625. The maximum absolute atomic E-state index is 5.69. The topological polar surface area (TPSA) is 51.8 Å². The number of nitrogens with two attached hydrogens (primary N) is 1. The standard InChI is InChI=1S/C17H23N3/c1-11-8-13(17(3,4)5)6-7-15(11)16-9-14(10-18)19-12(2)20-16/h6-9H,10,18H2,1-5H3. The molecule has 0 fully saturated rings. The Balaban J connectivity index is 2.51. The zero-order chi connectivity index (χ0) is 14.9. The predicted molar refractivity (Wildman–Crippen MR) is 83.5 cm³/mol. The second kappa shape index (κ2) is 5.33. The van der Waals surface area contributed by atoms with Crippen molar-refractivity contribution in [2.75, 3.05) is 0 Å². The lowest BCUT2D eigenvalue weighted by Crippen LogP contribution is -2.11. The third-order valence-corrected chi connectivity index (χ3v) is 3.47. The highest BCUT2D eigenvalue weighted by Crippen LogP contribution is 2.28. The van der Waals surface area contributed by atoms with E-state index < -0.39 is 0 Å². The first kappa shape index (κ1) is 14.7. The average Bonchev–Trinajstić information content (AvgIpc) is 2.36. The molecule has 2 N–H and O–H groups in total. The number of nitrogens with zero attached hydrogens (tertiary/aromatic N) is 2. The first-order valence-corrected chi connectivity index (χ1v) is 6.97. The third-order valence-electron chi connectivity index (χ3n) is 3.47. The molecule has 0 bridgehead atoms. The summed E-state index contributed by atoms with van der Waals surface area (Å²) >= 11 is 0. The molecule has 1 aromatic heterocycles. The molecular weight excluding hydrogens is 246 g/mol. The van der Waals surface area contributed by atoms with Gasteiger partial charge in [-0.2, -0.15) is 0 Å². The van der Waals surface area contributed by atoms with Gasteiger partial charge in [-0.1, -0.05) is 39.0 Å². The minimum absolute atomic E-state index is 0.160. The van der Waals surface area contributed by atoms with Gasteiger partial charge >= 0.3 is 0 Å². The van der Waals surface area contributed by atoms with Crippen molar-refractivity contribution in [3.63, 3.8) is 0 Å². The lowest BCUT2D eigenvalue weighted by atomic mass is 9.85. The summed E-state index contributed by atoms with van der Waals surface area (Å²) in [5.41, 5.74) is 11.4. The quantitative estimate of drug-likeness (QED) is 0.907. The van der Waals surface area contributed by atoms with Crippen molar-refractivity contribution in [2.45, 2.75) is 46.6 Å². The fourth-order valence-corrected chi connectivity index (χ4v) is 2.29. The van der Waals surface area contributed by atoms with Crippen LogP contribution in [-0.2, 0) is 12.0 Å². The van der Waals surface area contributed by atoms with E-state index in [1.165, 1.54) is 11.1 Å². The van der Waals surface area contributed by atoms with Crippen molar-refractivity contribution in [3.8, 4) is 11.3 Å². The van der Waals surface area contributed by atoms with Gasteiger partial charge in [-0.25, -0.2) is 9.97 Å². The minimum atomic E-state index is 0.160. The fraction of sp³-hybridized carbons (Fsp3) is 0.412. The molecule has 0 saturated heterocycles. The fourth-order valence-electron chi connectivity index (χ4n) is 2.29. The molecular formula is C17H23N3. The van der Waals surface area contributed by atoms with E-state index in [2.05, 4.69) is 55.9 Å². The van der Waals surface area contributed by atoms with E-state index in [9.17, 15) is 0 Å². The van der Waals surface area contributed by atoms with Crippen molar-refractivity contribution < 1.29 is 0 Å². The van der Waals surface area contributed by atoms with E-state index >= 15 is 0 Å². The maximum Gasteiger partial charge on any atom is 0.126 e. The van der Waals surface area contributed by atoms with E-state index in [-0.39, 0.29) is 5.41 Å². The summed E-state index contributed by atoms with van der Waals surface area (Å²) in [6.45, 7) is 11.1. The second-order valence-corrected chi connectivity index (χ2v) is 6.28. The lowest BCUT2D eigenvalue weighted by Gasteiger charge is -2.20. The normalized spacial score (nSPS) is 11.7. The van der Waals surface area contributed by atoms with Gasteiger partial charge in [-0.05, 0) is 36.5 Å². The van der Waals surface area contributed by atoms with Crippen molar-refractivity contribution in [1.82, 2.24) is 9.97 Å². The number of aromatic nitrogens is 2. The summed E-state index contributed by atoms with van der Waals surface area (Å²) in [7, 11) is 0. The number of benzene rings is 1. The van der Waals surface area contributed by atoms with Crippen molar-refractivity contribution in [3.05, 3.63) is 46.9 Å². The van der Waals surface area contributed by atoms with Crippen LogP contribution in [0.3, 0.4) is 0 Å². The molecule has 0 atom stereocenters. The van der Waals surface area contributed by atoms with Crippen LogP contribution in [0, 0.1) is 13.8 Å². The molecule has 1 aromatic carbocycles. The molecule has 3 nitrogen and oxygen atoms in total. The van der Waals surface area contributed by atoms with Gasteiger partial charge in [-0.3, -0.25) is 0 Å². The third kappa shape index (κ3) is 3.05. The maximum atomic E-state index is 5.69. The molecule has 0 unspecified atom stereocenters. The van der Waals surface area contributed by atoms with Crippen LogP contribution in [0.5, 0.6) is 0 Å². The van der Waals surface area contributed by atoms with Crippen LogP contribution >= 0.6 is 0 Å². The Morgan fingerprint density at radius 2 is 1.75 bits per heavy atom. The van der Waals surface area contributed by atoms with E-state index in [4.69, 9.17) is 5.73 Å². The summed E-state index contributed by atoms with van der Waals surface area (Å²) in [6, 6.07) is 8.56. The van der Waals surface area contributed by atoms with Gasteiger partial charge in [0.25, 0.3) is 0 Å². The zero-order valence-electron chi connectivity index (χ0n) is 13.0. The van der Waals surface area contributed by atoms with E-state index in [1.54, 1.807) is 0 Å². The highest BCUT2D eigenvalue weighted by atomic mass is 14.9. The van der Waals surface area contributed by atoms with Crippen LogP contribution in [-0.4, -0.2) is 9.97 Å². The monoisotopic (exact) mass is 269 g/mol. The van der Waals surface area contributed by atoms with Crippen LogP contribution < -0.4 is 5.73 Å². The summed E-state index contributed by atoms with van der Waals surface area (Å²) in [5, 5.41) is 0. The molecule has 1 heterocycles. The van der Waals surface area contributed by atoms with E-state index in [0.29, 0.717) is 6.54 Å². The highest BCUT2D eigenvalue weighted by molar-refractivity contribution is 5.64. The molecule has 106 valence electrons. The van der Waals surface area contributed by atoms with Crippen LogP contribution in [0.4, 0.5) is 0 Å². The molecule has 2 aromatic rings. The number of aryl methyl sites for hydroxylation is 2. The second-order valence-electron chi connectivity index (χ2n) is 6.28. The molecule has 0 spiro atoms. The molecule has 0 amide bonds. The molecule has 0 aliphatic carbocycles. The average molecular weight is 269 g/mol. The van der Waals surface area contributed by atoms with Crippen molar-refractivity contribution >= 4 is 0 Å². The van der Waals surface area contributed by atoms with Crippen LogP contribution in [0.2, 0.25) is 0 Å². The Kier molecular flexibility index (Phi) is 3.91. The Labute approximate surface area is 121 Å². The molecule has 0 radical (unpaired) electrons. The lowest BCUT2D eigenvalue weighted by molar-refractivity contribution is 0.590. The Hall–Kier alpha value is -1.74. The summed E-state index contributed by atoms with van der Waals surface area (Å²) in [4.78, 5) is 8.87. The van der Waals surface area contributed by atoms with Gasteiger partial charge in [0.1, 0.15) is 5.82 Å². The smallest absolute Gasteiger partial charge is 0.126 e. The largest absolute Gasteiger partial charge is 0.325 e. The minimum Gasteiger partial charge on any atom is -0.325 e. The van der Waals surface area contributed by atoms with Gasteiger partial charge in [0.05, 0.1) is 11.4 Å². The number of hydrogen-bond acceptors (Lipinski definition) is 3. The summed E-state index contributed by atoms with van der Waals surface area (Å²) in [5.74, 6) is 0.766. The molecule has 0 aliphatic heterocycles. The van der Waals surface area contributed by atoms with E-state index in [0.717, 1.165) is 22.8 Å². The first-order valence-electron chi connectivity index (χ1n) is 6.97. The van der Waals surface area contributed by atoms with Gasteiger partial charge in [0.2, 0.25) is 0 Å². The molecule has 0 saturated carbocycles. The van der Waals surface area contributed by atoms with Gasteiger partial charge in [0, 0.05) is 12.1 Å². The van der Waals surface area contributed by atoms with E-state index in [1.807, 2.05) is 13.0 Å². The van der Waals surface area contributed by atoms with Crippen molar-refractivity contribution in [2.24, 2.45) is 5.73 Å². The van der Waals surface area contributed by atoms with Gasteiger partial charge in [0.15, 0.2) is 0 Å². The van der Waals surface area contributed by atoms with Crippen LogP contribution in [0.25, 0.3) is 11.3 Å². The van der Waals surface area contributed by atoms with Gasteiger partial charge < -0.3 is 5.73 Å². The summed E-state index contributed by atoms with van der Waals surface area (Å²) in [6.07, 6.45) is 0. The first-order chi connectivity index (χ1) is 9.31.